The summed E-state index contributed by atoms with van der Waals surface area (Å²) in [5, 5.41) is 10.9. The largest absolute Gasteiger partial charge is 0.463 e. The van der Waals surface area contributed by atoms with E-state index in [1.165, 1.54) is 29.2 Å². The number of carbonyl (C=O) groups is 2. The van der Waals surface area contributed by atoms with Gasteiger partial charge in [-0.15, -0.1) is 0 Å². The van der Waals surface area contributed by atoms with E-state index >= 15 is 0 Å². The van der Waals surface area contributed by atoms with Crippen molar-refractivity contribution in [3.63, 3.8) is 0 Å². The Morgan fingerprint density at radius 1 is 1.38 bits per heavy atom. The Kier molecular flexibility index (Phi) is 4.45. The number of nitro groups is 1. The van der Waals surface area contributed by atoms with Crippen LogP contribution in [0.5, 0.6) is 0 Å². The number of hydrogen-bond acceptors (Lipinski definition) is 7. The SMILES string of the molecule is CCOC(=O)C1=C(C)N=C2OC(C)C(=O)N2C1c1ccc([N+](=O)[O-])cc1. The standard InChI is InChI=1S/C17H17N3O6/c1-4-25-16(22)13-9(2)18-17-19(15(21)10(3)26-17)14(13)11-5-7-12(8-6-11)20(23)24/h5-8,10,14H,4H2,1-3H3. The molecule has 136 valence electrons. The van der Waals surface area contributed by atoms with Crippen LogP contribution in [0.2, 0.25) is 0 Å². The zero-order valence-corrected chi connectivity index (χ0v) is 14.5. The molecule has 2 aliphatic rings. The van der Waals surface area contributed by atoms with E-state index < -0.39 is 23.0 Å². The number of non-ortho nitro benzene ring substituents is 1. The normalized spacial score (nSPS) is 21.9. The minimum absolute atomic E-state index is 0.0887. The zero-order chi connectivity index (χ0) is 19.0. The number of fused-ring (bicyclic) bond motifs is 1. The molecule has 9 heteroatoms. The first kappa shape index (κ1) is 17.6. The van der Waals surface area contributed by atoms with Crippen LogP contribution in [0.3, 0.4) is 0 Å². The molecule has 2 heterocycles. The molecule has 1 amide bonds. The molecule has 1 saturated heterocycles. The van der Waals surface area contributed by atoms with E-state index in [1.54, 1.807) is 20.8 Å². The molecule has 0 bridgehead atoms. The van der Waals surface area contributed by atoms with Crippen molar-refractivity contribution in [3.8, 4) is 0 Å². The van der Waals surface area contributed by atoms with E-state index in [4.69, 9.17) is 9.47 Å². The van der Waals surface area contributed by atoms with E-state index in [-0.39, 0.29) is 29.8 Å². The molecule has 0 aromatic heterocycles. The number of esters is 1. The third-order valence-corrected chi connectivity index (χ3v) is 4.17. The number of benzene rings is 1. The number of ether oxygens (including phenoxy) is 2. The molecule has 0 radical (unpaired) electrons. The second kappa shape index (κ2) is 6.58. The quantitative estimate of drug-likeness (QED) is 0.462. The highest BCUT2D eigenvalue weighted by atomic mass is 16.6. The van der Waals surface area contributed by atoms with Gasteiger partial charge in [-0.3, -0.25) is 19.8 Å². The second-order valence-electron chi connectivity index (χ2n) is 5.83. The van der Waals surface area contributed by atoms with Crippen molar-refractivity contribution in [3.05, 3.63) is 51.2 Å². The minimum Gasteiger partial charge on any atom is -0.463 e. The van der Waals surface area contributed by atoms with Crippen molar-refractivity contribution in [2.75, 3.05) is 6.61 Å². The second-order valence-corrected chi connectivity index (χ2v) is 5.83. The lowest BCUT2D eigenvalue weighted by molar-refractivity contribution is -0.384. The van der Waals surface area contributed by atoms with Crippen molar-refractivity contribution in [2.24, 2.45) is 4.99 Å². The number of hydrogen-bond donors (Lipinski definition) is 0. The van der Waals surface area contributed by atoms with Crippen molar-refractivity contribution in [1.29, 1.82) is 0 Å². The van der Waals surface area contributed by atoms with Gasteiger partial charge in [0.2, 0.25) is 0 Å². The summed E-state index contributed by atoms with van der Waals surface area (Å²) >= 11 is 0. The number of nitrogens with zero attached hydrogens (tertiary/aromatic N) is 3. The zero-order valence-electron chi connectivity index (χ0n) is 14.5. The van der Waals surface area contributed by atoms with Crippen LogP contribution in [0.1, 0.15) is 32.4 Å². The smallest absolute Gasteiger partial charge is 0.338 e. The summed E-state index contributed by atoms with van der Waals surface area (Å²) in [4.78, 5) is 41.0. The molecule has 2 unspecified atom stereocenters. The van der Waals surface area contributed by atoms with Gasteiger partial charge in [0, 0.05) is 12.1 Å². The van der Waals surface area contributed by atoms with E-state index in [1.807, 2.05) is 0 Å². The molecule has 1 fully saturated rings. The molecule has 1 aromatic carbocycles. The van der Waals surface area contributed by atoms with Crippen LogP contribution in [0.4, 0.5) is 5.69 Å². The Labute approximate surface area is 149 Å². The predicted octanol–water partition coefficient (Wildman–Crippen LogP) is 2.09. The van der Waals surface area contributed by atoms with Gasteiger partial charge in [-0.25, -0.2) is 9.79 Å². The third kappa shape index (κ3) is 2.81. The Hall–Kier alpha value is -3.23. The lowest BCUT2D eigenvalue weighted by Crippen LogP contribution is -2.40. The van der Waals surface area contributed by atoms with Gasteiger partial charge in [0.25, 0.3) is 11.6 Å². The first-order valence-corrected chi connectivity index (χ1v) is 8.05. The van der Waals surface area contributed by atoms with Crippen LogP contribution in [-0.4, -0.2) is 40.4 Å². The van der Waals surface area contributed by atoms with Crippen molar-refractivity contribution >= 4 is 23.6 Å². The first-order chi connectivity index (χ1) is 12.3. The summed E-state index contributed by atoms with van der Waals surface area (Å²) in [5.41, 5.74) is 1.01. The number of amides is 1. The van der Waals surface area contributed by atoms with Crippen LogP contribution in [0.25, 0.3) is 0 Å². The van der Waals surface area contributed by atoms with Gasteiger partial charge in [0.15, 0.2) is 6.10 Å². The molecule has 9 nitrogen and oxygen atoms in total. The maximum atomic E-state index is 12.6. The first-order valence-electron chi connectivity index (χ1n) is 8.05. The summed E-state index contributed by atoms with van der Waals surface area (Å²) < 4.78 is 10.6. The Morgan fingerprint density at radius 2 is 2.04 bits per heavy atom. The summed E-state index contributed by atoms with van der Waals surface area (Å²) in [7, 11) is 0. The van der Waals surface area contributed by atoms with E-state index in [0.29, 0.717) is 11.3 Å². The Balaban J connectivity index is 2.12. The van der Waals surface area contributed by atoms with Gasteiger partial charge in [0.05, 0.1) is 22.8 Å². The molecular formula is C17H17N3O6. The summed E-state index contributed by atoms with van der Waals surface area (Å²) in [6.45, 7) is 5.07. The Morgan fingerprint density at radius 3 is 2.62 bits per heavy atom. The van der Waals surface area contributed by atoms with Gasteiger partial charge < -0.3 is 9.47 Å². The molecule has 0 N–H and O–H groups in total. The lowest BCUT2D eigenvalue weighted by atomic mass is 9.94. The summed E-state index contributed by atoms with van der Waals surface area (Å²) in [6, 6.07) is 4.95. The van der Waals surface area contributed by atoms with Gasteiger partial charge in [-0.1, -0.05) is 0 Å². The number of amidine groups is 1. The highest BCUT2D eigenvalue weighted by Crippen LogP contribution is 2.39. The molecule has 0 saturated carbocycles. The number of aliphatic imine (C=N–C) groups is 1. The fraction of sp³-hybridized carbons (Fsp3) is 0.353. The number of allylic oxidation sites excluding steroid dienone is 1. The van der Waals surface area contributed by atoms with Crippen molar-refractivity contribution in [1.82, 2.24) is 4.90 Å². The van der Waals surface area contributed by atoms with E-state index in [9.17, 15) is 19.7 Å². The fourth-order valence-corrected chi connectivity index (χ4v) is 2.97. The maximum Gasteiger partial charge on any atom is 0.338 e. The highest BCUT2D eigenvalue weighted by Gasteiger charge is 2.47. The number of rotatable bonds is 4. The van der Waals surface area contributed by atoms with Crippen molar-refractivity contribution < 1.29 is 24.0 Å². The van der Waals surface area contributed by atoms with E-state index in [2.05, 4.69) is 4.99 Å². The molecule has 0 spiro atoms. The number of nitro benzene ring substituents is 1. The molecule has 2 aliphatic heterocycles. The maximum absolute atomic E-state index is 12.6. The summed E-state index contributed by atoms with van der Waals surface area (Å²) in [6.07, 6.45) is -0.733. The Bertz CT molecular complexity index is 843. The highest BCUT2D eigenvalue weighted by molar-refractivity contribution is 6.06. The van der Waals surface area contributed by atoms with E-state index in [0.717, 1.165) is 0 Å². The lowest BCUT2D eigenvalue weighted by Gasteiger charge is -2.31. The molecule has 1 aromatic rings. The van der Waals surface area contributed by atoms with Crippen LogP contribution in [-0.2, 0) is 19.1 Å². The molecular weight excluding hydrogens is 342 g/mol. The fourth-order valence-electron chi connectivity index (χ4n) is 2.97. The van der Waals surface area contributed by atoms with Gasteiger partial charge >= 0.3 is 12.0 Å². The molecule has 0 aliphatic carbocycles. The van der Waals surface area contributed by atoms with Gasteiger partial charge in [-0.05, 0) is 38.5 Å². The summed E-state index contributed by atoms with van der Waals surface area (Å²) in [5.74, 6) is -0.940. The monoisotopic (exact) mass is 359 g/mol. The van der Waals surface area contributed by atoms with Crippen LogP contribution in [0, 0.1) is 10.1 Å². The van der Waals surface area contributed by atoms with Crippen LogP contribution >= 0.6 is 0 Å². The van der Waals surface area contributed by atoms with Crippen LogP contribution < -0.4 is 0 Å². The average molecular weight is 359 g/mol. The average Bonchev–Trinajstić information content (AvgIpc) is 2.87. The molecule has 26 heavy (non-hydrogen) atoms. The third-order valence-electron chi connectivity index (χ3n) is 4.17. The van der Waals surface area contributed by atoms with Crippen LogP contribution in [0.15, 0.2) is 40.5 Å². The number of carbonyl (C=O) groups excluding carboxylic acids is 2. The predicted molar refractivity (Wildman–Crippen MR) is 90.0 cm³/mol. The molecule has 2 atom stereocenters. The topological polar surface area (TPSA) is 111 Å². The molecule has 3 rings (SSSR count). The van der Waals surface area contributed by atoms with Crippen molar-refractivity contribution in [2.45, 2.75) is 32.9 Å². The van der Waals surface area contributed by atoms with Gasteiger partial charge in [-0.2, -0.15) is 0 Å². The van der Waals surface area contributed by atoms with Gasteiger partial charge in [0.1, 0.15) is 6.04 Å². The minimum atomic E-state index is -0.820.